The molecule has 0 fully saturated rings. The number of benzene rings is 1. The molecule has 4 nitrogen and oxygen atoms in total. The summed E-state index contributed by atoms with van der Waals surface area (Å²) in [6.07, 6.45) is 1.99. The van der Waals surface area contributed by atoms with Crippen molar-refractivity contribution in [2.75, 3.05) is 16.9 Å². The first-order chi connectivity index (χ1) is 9.99. The molecule has 1 aromatic carbocycles. The number of rotatable bonds is 5. The largest absolute Gasteiger partial charge is 0.359 e. The van der Waals surface area contributed by atoms with E-state index in [9.17, 15) is 4.79 Å². The summed E-state index contributed by atoms with van der Waals surface area (Å²) in [5, 5.41) is 9.11. The number of hydrogen-bond donors (Lipinski definition) is 2. The molecule has 0 aliphatic rings. The van der Waals surface area contributed by atoms with Gasteiger partial charge in [-0.15, -0.1) is 23.1 Å². The van der Waals surface area contributed by atoms with E-state index in [-0.39, 0.29) is 5.91 Å². The number of carbonyl (C=O) groups excluding carboxylic acids is 1. The van der Waals surface area contributed by atoms with E-state index in [4.69, 9.17) is 0 Å². The van der Waals surface area contributed by atoms with Gasteiger partial charge in [-0.25, -0.2) is 4.98 Å². The summed E-state index contributed by atoms with van der Waals surface area (Å²) < 4.78 is 0. The van der Waals surface area contributed by atoms with Gasteiger partial charge in [-0.05, 0) is 32.2 Å². The summed E-state index contributed by atoms with van der Waals surface area (Å²) in [4.78, 5) is 16.9. The van der Waals surface area contributed by atoms with E-state index in [0.29, 0.717) is 6.04 Å². The molecule has 1 amide bonds. The van der Waals surface area contributed by atoms with Gasteiger partial charge in [-0.1, -0.05) is 6.07 Å². The number of hydrogen-bond acceptors (Lipinski definition) is 5. The number of carbonyl (C=O) groups is 1. The average Bonchev–Trinajstić information content (AvgIpc) is 2.85. The van der Waals surface area contributed by atoms with Crippen LogP contribution in [0.4, 0.5) is 10.8 Å². The molecule has 0 atom stereocenters. The maximum atomic E-state index is 11.3. The van der Waals surface area contributed by atoms with Gasteiger partial charge in [-0.3, -0.25) is 4.79 Å². The van der Waals surface area contributed by atoms with Gasteiger partial charge in [0.2, 0.25) is 5.91 Å². The normalized spacial score (nSPS) is 10.7. The summed E-state index contributed by atoms with van der Waals surface area (Å²) in [6, 6.07) is 6.38. The Labute approximate surface area is 133 Å². The Balaban J connectivity index is 2.31. The zero-order valence-corrected chi connectivity index (χ0v) is 14.2. The van der Waals surface area contributed by atoms with Crippen LogP contribution in [0.2, 0.25) is 0 Å². The van der Waals surface area contributed by atoms with Gasteiger partial charge in [-0.2, -0.15) is 0 Å². The fourth-order valence-corrected chi connectivity index (χ4v) is 3.28. The maximum absolute atomic E-state index is 11.3. The average molecular weight is 321 g/mol. The quantitative estimate of drug-likeness (QED) is 0.806. The molecule has 0 unspecified atom stereocenters. The molecule has 112 valence electrons. The minimum Gasteiger partial charge on any atom is -0.359 e. The maximum Gasteiger partial charge on any atom is 0.221 e. The number of aromatic nitrogens is 1. The fourth-order valence-electron chi connectivity index (χ4n) is 1.87. The Morgan fingerprint density at radius 1 is 1.38 bits per heavy atom. The monoisotopic (exact) mass is 321 g/mol. The van der Waals surface area contributed by atoms with Crippen LogP contribution in [-0.2, 0) is 4.79 Å². The first-order valence-electron chi connectivity index (χ1n) is 6.67. The van der Waals surface area contributed by atoms with Gasteiger partial charge in [0.15, 0.2) is 5.13 Å². The minimum atomic E-state index is -0.0668. The zero-order chi connectivity index (χ0) is 15.4. The van der Waals surface area contributed by atoms with E-state index in [1.165, 1.54) is 6.92 Å². The minimum absolute atomic E-state index is 0.0668. The van der Waals surface area contributed by atoms with Crippen LogP contribution in [0.1, 0.15) is 20.8 Å². The molecule has 2 N–H and O–H groups in total. The molecular formula is C15H19N3OS2. The van der Waals surface area contributed by atoms with Crippen molar-refractivity contribution in [3.63, 3.8) is 0 Å². The molecule has 0 saturated heterocycles. The predicted octanol–water partition coefficient (Wildman–Crippen LogP) is 4.31. The van der Waals surface area contributed by atoms with E-state index in [1.54, 1.807) is 23.1 Å². The third kappa shape index (κ3) is 4.22. The molecule has 0 aliphatic heterocycles. The molecule has 0 radical (unpaired) electrons. The summed E-state index contributed by atoms with van der Waals surface area (Å²) >= 11 is 3.20. The Bertz CT molecular complexity index is 638. The highest BCUT2D eigenvalue weighted by Gasteiger charge is 2.09. The molecule has 0 saturated carbocycles. The second kappa shape index (κ2) is 6.95. The van der Waals surface area contributed by atoms with Crippen molar-refractivity contribution in [1.29, 1.82) is 0 Å². The van der Waals surface area contributed by atoms with Gasteiger partial charge in [0.1, 0.15) is 0 Å². The molecule has 0 bridgehead atoms. The van der Waals surface area contributed by atoms with Crippen LogP contribution in [0.25, 0.3) is 11.3 Å². The molecule has 6 heteroatoms. The van der Waals surface area contributed by atoms with Crippen LogP contribution < -0.4 is 10.6 Å². The molecule has 0 aliphatic carbocycles. The van der Waals surface area contributed by atoms with Gasteiger partial charge >= 0.3 is 0 Å². The highest BCUT2D eigenvalue weighted by molar-refractivity contribution is 7.98. The third-order valence-electron chi connectivity index (χ3n) is 2.72. The molecule has 1 heterocycles. The molecule has 0 spiro atoms. The molecule has 2 rings (SSSR count). The van der Waals surface area contributed by atoms with Crippen molar-refractivity contribution in [3.05, 3.63) is 23.6 Å². The van der Waals surface area contributed by atoms with Crippen molar-refractivity contribution in [1.82, 2.24) is 4.98 Å². The van der Waals surface area contributed by atoms with E-state index >= 15 is 0 Å². The zero-order valence-electron chi connectivity index (χ0n) is 12.6. The summed E-state index contributed by atoms with van der Waals surface area (Å²) in [5.41, 5.74) is 2.76. The van der Waals surface area contributed by atoms with Gasteiger partial charge < -0.3 is 10.6 Å². The SMILES string of the molecule is CSc1ccc(-c2csc(NC(C)C)n2)cc1NC(C)=O. The molecular weight excluding hydrogens is 302 g/mol. The standard InChI is InChI=1S/C15H19N3OS2/c1-9(2)16-15-18-13(8-21-15)11-5-6-14(20-4)12(7-11)17-10(3)19/h5-9H,1-4H3,(H,16,18)(H,17,19). The van der Waals surface area contributed by atoms with Crippen LogP contribution in [0.3, 0.4) is 0 Å². The number of thioether (sulfide) groups is 1. The fraction of sp³-hybridized carbons (Fsp3) is 0.333. The van der Waals surface area contributed by atoms with Crippen molar-refractivity contribution in [2.24, 2.45) is 0 Å². The molecule has 2 aromatic rings. The Morgan fingerprint density at radius 2 is 2.14 bits per heavy atom. The highest BCUT2D eigenvalue weighted by Crippen LogP contribution is 2.32. The van der Waals surface area contributed by atoms with E-state index in [1.807, 2.05) is 29.8 Å². The Morgan fingerprint density at radius 3 is 2.76 bits per heavy atom. The van der Waals surface area contributed by atoms with Gasteiger partial charge in [0.05, 0.1) is 11.4 Å². The second-order valence-electron chi connectivity index (χ2n) is 4.93. The first-order valence-corrected chi connectivity index (χ1v) is 8.78. The highest BCUT2D eigenvalue weighted by atomic mass is 32.2. The van der Waals surface area contributed by atoms with E-state index in [0.717, 1.165) is 27.0 Å². The first kappa shape index (κ1) is 15.9. The Hall–Kier alpha value is -1.53. The lowest BCUT2D eigenvalue weighted by molar-refractivity contribution is -0.114. The second-order valence-corrected chi connectivity index (χ2v) is 6.64. The lowest BCUT2D eigenvalue weighted by Gasteiger charge is -2.09. The topological polar surface area (TPSA) is 54.0 Å². The lowest BCUT2D eigenvalue weighted by Crippen LogP contribution is -2.09. The summed E-state index contributed by atoms with van der Waals surface area (Å²) in [6.45, 7) is 5.69. The number of nitrogens with one attached hydrogen (secondary N) is 2. The van der Waals surface area contributed by atoms with Crippen molar-refractivity contribution >= 4 is 39.8 Å². The smallest absolute Gasteiger partial charge is 0.221 e. The molecule has 21 heavy (non-hydrogen) atoms. The van der Waals surface area contributed by atoms with Crippen LogP contribution in [0.15, 0.2) is 28.5 Å². The van der Waals surface area contributed by atoms with Crippen LogP contribution in [0.5, 0.6) is 0 Å². The molecule has 1 aromatic heterocycles. The van der Waals surface area contributed by atoms with Crippen LogP contribution >= 0.6 is 23.1 Å². The van der Waals surface area contributed by atoms with Crippen molar-refractivity contribution in [2.45, 2.75) is 31.7 Å². The van der Waals surface area contributed by atoms with Gasteiger partial charge in [0.25, 0.3) is 0 Å². The van der Waals surface area contributed by atoms with E-state index in [2.05, 4.69) is 29.5 Å². The van der Waals surface area contributed by atoms with Crippen molar-refractivity contribution < 1.29 is 4.79 Å². The van der Waals surface area contributed by atoms with Crippen LogP contribution in [0, 0.1) is 0 Å². The Kier molecular flexibility index (Phi) is 5.25. The summed E-state index contributed by atoms with van der Waals surface area (Å²) in [5.74, 6) is -0.0668. The predicted molar refractivity (Wildman–Crippen MR) is 92.4 cm³/mol. The number of amides is 1. The number of thiazole rings is 1. The van der Waals surface area contributed by atoms with E-state index < -0.39 is 0 Å². The van der Waals surface area contributed by atoms with Crippen LogP contribution in [-0.4, -0.2) is 23.2 Å². The van der Waals surface area contributed by atoms with Gasteiger partial charge in [0, 0.05) is 28.8 Å². The lowest BCUT2D eigenvalue weighted by atomic mass is 10.1. The summed E-state index contributed by atoms with van der Waals surface area (Å²) in [7, 11) is 0. The third-order valence-corrected chi connectivity index (χ3v) is 4.29. The van der Waals surface area contributed by atoms with Crippen molar-refractivity contribution in [3.8, 4) is 11.3 Å². The number of anilines is 2. The number of nitrogens with zero attached hydrogens (tertiary/aromatic N) is 1.